The molecule has 0 aliphatic heterocycles. The number of carbonyl (C=O) groups excluding carboxylic acids is 1. The second-order valence-electron chi connectivity index (χ2n) is 4.92. The van der Waals surface area contributed by atoms with E-state index in [2.05, 4.69) is 21.2 Å². The number of ether oxygens (including phenoxy) is 1. The predicted octanol–water partition coefficient (Wildman–Crippen LogP) is 3.13. The number of furan rings is 1. The fourth-order valence-corrected chi connectivity index (χ4v) is 2.34. The summed E-state index contributed by atoms with van der Waals surface area (Å²) >= 11 is 3.33. The number of amides is 1. The van der Waals surface area contributed by atoms with Gasteiger partial charge in [-0.1, -0.05) is 22.0 Å². The first-order chi connectivity index (χ1) is 10.9. The van der Waals surface area contributed by atoms with Crippen LogP contribution in [0.25, 0.3) is 0 Å². The van der Waals surface area contributed by atoms with Crippen molar-refractivity contribution in [2.24, 2.45) is 0 Å². The Balaban J connectivity index is 1.91. The first kappa shape index (κ1) is 17.1. The molecular weight excluding hydrogens is 366 g/mol. The molecular formula is C16H16BrNO5. The molecule has 2 rings (SSSR count). The SMILES string of the molecule is Cc1oc(CNC(=O)C(C)Oc2cccc(Br)c2)cc1C(=O)O. The van der Waals surface area contributed by atoms with Crippen molar-refractivity contribution >= 4 is 27.8 Å². The molecule has 0 saturated carbocycles. The van der Waals surface area contributed by atoms with Crippen LogP contribution in [0.3, 0.4) is 0 Å². The lowest BCUT2D eigenvalue weighted by Gasteiger charge is -2.14. The van der Waals surface area contributed by atoms with Gasteiger partial charge in [0, 0.05) is 4.47 Å². The lowest BCUT2D eigenvalue weighted by Crippen LogP contribution is -2.35. The molecule has 122 valence electrons. The van der Waals surface area contributed by atoms with E-state index < -0.39 is 12.1 Å². The Morgan fingerprint density at radius 2 is 2.13 bits per heavy atom. The largest absolute Gasteiger partial charge is 0.481 e. The van der Waals surface area contributed by atoms with Crippen LogP contribution < -0.4 is 10.1 Å². The summed E-state index contributed by atoms with van der Waals surface area (Å²) in [5.74, 6) is -0.127. The Bertz CT molecular complexity index is 725. The van der Waals surface area contributed by atoms with E-state index in [0.29, 0.717) is 17.3 Å². The van der Waals surface area contributed by atoms with Crippen molar-refractivity contribution in [3.63, 3.8) is 0 Å². The quantitative estimate of drug-likeness (QED) is 0.802. The monoisotopic (exact) mass is 381 g/mol. The van der Waals surface area contributed by atoms with Gasteiger partial charge in [-0.25, -0.2) is 4.79 Å². The van der Waals surface area contributed by atoms with Crippen LogP contribution in [-0.4, -0.2) is 23.1 Å². The third-order valence-corrected chi connectivity index (χ3v) is 3.61. The van der Waals surface area contributed by atoms with E-state index in [-0.39, 0.29) is 18.0 Å². The van der Waals surface area contributed by atoms with Gasteiger partial charge in [-0.05, 0) is 38.1 Å². The highest BCUT2D eigenvalue weighted by Crippen LogP contribution is 2.19. The highest BCUT2D eigenvalue weighted by atomic mass is 79.9. The zero-order chi connectivity index (χ0) is 17.0. The highest BCUT2D eigenvalue weighted by molar-refractivity contribution is 9.10. The number of nitrogens with one attached hydrogen (secondary N) is 1. The Hall–Kier alpha value is -2.28. The standard InChI is InChI=1S/C16H16BrNO5/c1-9-14(16(20)21)7-13(22-9)8-18-15(19)10(2)23-12-5-3-4-11(17)6-12/h3-7,10H,8H2,1-2H3,(H,18,19)(H,20,21). The number of aromatic carboxylic acids is 1. The Morgan fingerprint density at radius 3 is 2.74 bits per heavy atom. The van der Waals surface area contributed by atoms with E-state index in [1.807, 2.05) is 12.1 Å². The molecule has 0 aliphatic rings. The molecule has 1 atom stereocenters. The minimum atomic E-state index is -1.06. The topological polar surface area (TPSA) is 88.8 Å². The predicted molar refractivity (Wildman–Crippen MR) is 86.5 cm³/mol. The highest BCUT2D eigenvalue weighted by Gasteiger charge is 2.17. The van der Waals surface area contributed by atoms with Crippen LogP contribution in [0, 0.1) is 6.92 Å². The molecule has 7 heteroatoms. The summed E-state index contributed by atoms with van der Waals surface area (Å²) in [7, 11) is 0. The fourth-order valence-electron chi connectivity index (χ4n) is 1.96. The average molecular weight is 382 g/mol. The number of carbonyl (C=O) groups is 2. The number of carboxylic acid groups (broad SMARTS) is 1. The van der Waals surface area contributed by atoms with Gasteiger partial charge in [-0.15, -0.1) is 0 Å². The van der Waals surface area contributed by atoms with Crippen molar-refractivity contribution in [1.82, 2.24) is 5.32 Å². The average Bonchev–Trinajstić information content (AvgIpc) is 2.86. The van der Waals surface area contributed by atoms with Crippen LogP contribution in [0.1, 0.15) is 28.8 Å². The summed E-state index contributed by atoms with van der Waals surface area (Å²) < 4.78 is 11.7. The number of benzene rings is 1. The van der Waals surface area contributed by atoms with Crippen molar-refractivity contribution in [2.75, 3.05) is 0 Å². The van der Waals surface area contributed by atoms with E-state index in [1.165, 1.54) is 6.07 Å². The molecule has 1 heterocycles. The zero-order valence-electron chi connectivity index (χ0n) is 12.6. The number of halogens is 1. The van der Waals surface area contributed by atoms with Crippen LogP contribution in [0.2, 0.25) is 0 Å². The first-order valence-corrected chi connectivity index (χ1v) is 7.68. The van der Waals surface area contributed by atoms with Crippen molar-refractivity contribution in [3.05, 3.63) is 51.9 Å². The summed E-state index contributed by atoms with van der Waals surface area (Å²) in [6.45, 7) is 3.29. The maximum absolute atomic E-state index is 12.0. The molecule has 1 unspecified atom stereocenters. The molecule has 0 fully saturated rings. The third kappa shape index (κ3) is 4.59. The van der Waals surface area contributed by atoms with E-state index in [1.54, 1.807) is 26.0 Å². The van der Waals surface area contributed by atoms with Gasteiger partial charge in [0.2, 0.25) is 0 Å². The van der Waals surface area contributed by atoms with Gasteiger partial charge in [0.1, 0.15) is 22.8 Å². The maximum atomic E-state index is 12.0. The van der Waals surface area contributed by atoms with Gasteiger partial charge in [0.05, 0.1) is 6.54 Å². The lowest BCUT2D eigenvalue weighted by atomic mass is 10.2. The number of aryl methyl sites for hydroxylation is 1. The summed E-state index contributed by atoms with van der Waals surface area (Å²) in [6.07, 6.45) is -0.695. The summed E-state index contributed by atoms with van der Waals surface area (Å²) in [5.41, 5.74) is 0.0904. The summed E-state index contributed by atoms with van der Waals surface area (Å²) in [5, 5.41) is 11.6. The Labute approximate surface area is 141 Å². The van der Waals surface area contributed by atoms with Crippen LogP contribution in [0.15, 0.2) is 39.2 Å². The molecule has 2 N–H and O–H groups in total. The minimum Gasteiger partial charge on any atom is -0.481 e. The molecule has 0 radical (unpaired) electrons. The number of rotatable bonds is 6. The summed E-state index contributed by atoms with van der Waals surface area (Å²) in [4.78, 5) is 23.0. The lowest BCUT2D eigenvalue weighted by molar-refractivity contribution is -0.127. The van der Waals surface area contributed by atoms with Crippen molar-refractivity contribution in [3.8, 4) is 5.75 Å². The smallest absolute Gasteiger partial charge is 0.339 e. The van der Waals surface area contributed by atoms with Gasteiger partial charge in [-0.2, -0.15) is 0 Å². The van der Waals surface area contributed by atoms with Crippen molar-refractivity contribution in [2.45, 2.75) is 26.5 Å². The molecule has 1 aromatic carbocycles. The fraction of sp³-hybridized carbons (Fsp3) is 0.250. The van der Waals surface area contributed by atoms with Gasteiger partial charge in [0.25, 0.3) is 5.91 Å². The third-order valence-electron chi connectivity index (χ3n) is 3.11. The molecule has 0 bridgehead atoms. The molecule has 0 aliphatic carbocycles. The minimum absolute atomic E-state index is 0.0904. The van der Waals surface area contributed by atoms with E-state index >= 15 is 0 Å². The molecule has 0 saturated heterocycles. The van der Waals surface area contributed by atoms with E-state index in [4.69, 9.17) is 14.3 Å². The second kappa shape index (κ2) is 7.32. The maximum Gasteiger partial charge on any atom is 0.339 e. The normalized spacial score (nSPS) is 11.8. The van der Waals surface area contributed by atoms with E-state index in [9.17, 15) is 9.59 Å². The molecule has 23 heavy (non-hydrogen) atoms. The number of hydrogen-bond donors (Lipinski definition) is 2. The Morgan fingerprint density at radius 1 is 1.39 bits per heavy atom. The van der Waals surface area contributed by atoms with Gasteiger partial charge in [-0.3, -0.25) is 4.79 Å². The molecule has 0 spiro atoms. The van der Waals surface area contributed by atoms with Crippen molar-refractivity contribution in [1.29, 1.82) is 0 Å². The summed E-state index contributed by atoms with van der Waals surface area (Å²) in [6, 6.07) is 8.58. The number of carboxylic acids is 1. The Kier molecular flexibility index (Phi) is 5.44. The van der Waals surface area contributed by atoms with Crippen LogP contribution in [0.5, 0.6) is 5.75 Å². The van der Waals surface area contributed by atoms with E-state index in [0.717, 1.165) is 4.47 Å². The van der Waals surface area contributed by atoms with Gasteiger partial charge < -0.3 is 19.6 Å². The molecule has 1 aromatic heterocycles. The van der Waals surface area contributed by atoms with Crippen LogP contribution >= 0.6 is 15.9 Å². The van der Waals surface area contributed by atoms with Gasteiger partial charge in [0.15, 0.2) is 6.10 Å². The van der Waals surface area contributed by atoms with Crippen LogP contribution in [-0.2, 0) is 11.3 Å². The zero-order valence-corrected chi connectivity index (χ0v) is 14.2. The first-order valence-electron chi connectivity index (χ1n) is 6.89. The second-order valence-corrected chi connectivity index (χ2v) is 5.84. The van der Waals surface area contributed by atoms with Crippen molar-refractivity contribution < 1.29 is 23.8 Å². The van der Waals surface area contributed by atoms with Crippen LogP contribution in [0.4, 0.5) is 0 Å². The molecule has 2 aromatic rings. The number of hydrogen-bond acceptors (Lipinski definition) is 4. The molecule has 1 amide bonds. The molecule has 6 nitrogen and oxygen atoms in total. The van der Waals surface area contributed by atoms with Gasteiger partial charge >= 0.3 is 5.97 Å².